The van der Waals surface area contributed by atoms with Crippen molar-refractivity contribution in [3.63, 3.8) is 0 Å². The molecule has 4 heterocycles. The second-order valence-corrected chi connectivity index (χ2v) is 21.2. The Balaban J connectivity index is 1.08. The van der Waals surface area contributed by atoms with Crippen LogP contribution in [0.4, 0.5) is 39.8 Å². The minimum atomic E-state index is -0.192. The molecular formula is C63H56BN3. The molecule has 4 heteroatoms. The summed E-state index contributed by atoms with van der Waals surface area (Å²) >= 11 is 0. The zero-order valence-corrected chi connectivity index (χ0v) is 39.0. The first-order chi connectivity index (χ1) is 32.8. The molecule has 0 amide bonds. The number of para-hydroxylation sites is 2. The fourth-order valence-electron chi connectivity index (χ4n) is 15.0. The average molecular weight is 866 g/mol. The number of hydrogen-bond donors (Lipinski definition) is 0. The van der Waals surface area contributed by atoms with E-state index in [-0.39, 0.29) is 28.6 Å². The molecule has 4 aliphatic heterocycles. The van der Waals surface area contributed by atoms with Crippen molar-refractivity contribution in [2.75, 3.05) is 14.7 Å². The summed E-state index contributed by atoms with van der Waals surface area (Å²) in [6.45, 7) is 7.90. The fraction of sp³-hybridized carbons (Fsp3) is 0.238. The fourth-order valence-corrected chi connectivity index (χ4v) is 15.0. The van der Waals surface area contributed by atoms with Crippen LogP contribution in [-0.4, -0.2) is 17.8 Å². The SMILES string of the molecule is CC12CCCCC1(C)N1c3cc(N4c5ccccc5C5(c6ccccc6)CCCCC45C)cc4c3B(c3cc(-c5ccccc5)ccc3N4c3ccc(-c4ccccc4)cc3)c3cccc2c31. The van der Waals surface area contributed by atoms with Crippen LogP contribution >= 0.6 is 0 Å². The topological polar surface area (TPSA) is 9.72 Å². The highest BCUT2D eigenvalue weighted by Gasteiger charge is 2.63. The van der Waals surface area contributed by atoms with Crippen molar-refractivity contribution in [3.8, 4) is 22.3 Å². The first-order valence-corrected chi connectivity index (χ1v) is 25.1. The number of benzene rings is 8. The van der Waals surface area contributed by atoms with Crippen molar-refractivity contribution in [1.29, 1.82) is 0 Å². The van der Waals surface area contributed by atoms with E-state index in [2.05, 4.69) is 224 Å². The molecule has 14 rings (SSSR count). The molecule has 0 radical (unpaired) electrons. The molecule has 4 atom stereocenters. The highest BCUT2D eigenvalue weighted by atomic mass is 15.3. The number of rotatable bonds is 5. The third kappa shape index (κ3) is 5.09. The lowest BCUT2D eigenvalue weighted by molar-refractivity contribution is 0.195. The summed E-state index contributed by atoms with van der Waals surface area (Å²) in [5, 5.41) is 0. The van der Waals surface area contributed by atoms with E-state index in [1.54, 1.807) is 5.56 Å². The molecule has 3 nitrogen and oxygen atoms in total. The van der Waals surface area contributed by atoms with Gasteiger partial charge in [-0.25, -0.2) is 0 Å². The molecule has 6 aliphatic rings. The van der Waals surface area contributed by atoms with E-state index in [1.165, 1.54) is 128 Å². The van der Waals surface area contributed by atoms with Gasteiger partial charge >= 0.3 is 0 Å². The lowest BCUT2D eigenvalue weighted by atomic mass is 9.33. The first-order valence-electron chi connectivity index (χ1n) is 25.1. The van der Waals surface area contributed by atoms with Gasteiger partial charge in [-0.15, -0.1) is 0 Å². The molecule has 0 aromatic heterocycles. The van der Waals surface area contributed by atoms with Crippen LogP contribution in [-0.2, 0) is 10.8 Å². The molecule has 8 aromatic carbocycles. The van der Waals surface area contributed by atoms with Crippen molar-refractivity contribution in [2.24, 2.45) is 0 Å². The Morgan fingerprint density at radius 2 is 1.00 bits per heavy atom. The van der Waals surface area contributed by atoms with E-state index in [1.807, 2.05) is 0 Å². The maximum Gasteiger partial charge on any atom is 0.252 e. The van der Waals surface area contributed by atoms with Crippen LogP contribution in [0.15, 0.2) is 188 Å². The minimum Gasteiger partial charge on any atom is -0.335 e. The Morgan fingerprint density at radius 1 is 0.403 bits per heavy atom. The highest BCUT2D eigenvalue weighted by molar-refractivity contribution is 7.00. The Kier molecular flexibility index (Phi) is 8.31. The smallest absolute Gasteiger partial charge is 0.252 e. The van der Waals surface area contributed by atoms with E-state index in [0.717, 1.165) is 12.8 Å². The predicted octanol–water partition coefficient (Wildman–Crippen LogP) is 14.1. The van der Waals surface area contributed by atoms with Gasteiger partial charge in [0.2, 0.25) is 0 Å². The number of anilines is 7. The van der Waals surface area contributed by atoms with Gasteiger partial charge < -0.3 is 14.7 Å². The first kappa shape index (κ1) is 39.4. The second-order valence-electron chi connectivity index (χ2n) is 21.2. The molecule has 0 spiro atoms. The second kappa shape index (κ2) is 14.1. The summed E-state index contributed by atoms with van der Waals surface area (Å²) in [4.78, 5) is 8.39. The van der Waals surface area contributed by atoms with Crippen molar-refractivity contribution >= 4 is 62.9 Å². The van der Waals surface area contributed by atoms with Crippen LogP contribution in [0.1, 0.15) is 88.8 Å². The highest BCUT2D eigenvalue weighted by Crippen LogP contribution is 2.66. The lowest BCUT2D eigenvalue weighted by Gasteiger charge is -2.54. The summed E-state index contributed by atoms with van der Waals surface area (Å²) in [7, 11) is 0. The van der Waals surface area contributed by atoms with Crippen LogP contribution in [0.25, 0.3) is 22.3 Å². The molecule has 2 fully saturated rings. The predicted molar refractivity (Wildman–Crippen MR) is 282 cm³/mol. The van der Waals surface area contributed by atoms with Crippen molar-refractivity contribution < 1.29 is 0 Å². The Labute approximate surface area is 396 Å². The quantitative estimate of drug-likeness (QED) is 0.160. The Hall–Kier alpha value is -6.78. The van der Waals surface area contributed by atoms with Gasteiger partial charge in [-0.2, -0.15) is 0 Å². The summed E-state index contributed by atoms with van der Waals surface area (Å²) < 4.78 is 0. The van der Waals surface area contributed by atoms with Gasteiger partial charge in [-0.3, -0.25) is 0 Å². The van der Waals surface area contributed by atoms with E-state index >= 15 is 0 Å². The van der Waals surface area contributed by atoms with Crippen LogP contribution < -0.4 is 31.1 Å². The van der Waals surface area contributed by atoms with Gasteiger partial charge in [-0.1, -0.05) is 184 Å². The minimum absolute atomic E-state index is 0.0205. The standard InChI is InChI=1S/C63H56BN3/c1-60-36-15-16-37-61(60,2)67-57-42-49(66-54-29-14-13-26-50(54)63(47-24-11-6-12-25-47)39-18-17-38-62(63,66)3)41-56-58(57)64(52-28-19-27-51(60)59(52)67)53-40-46(44-22-9-5-10-23-44)32-35-55(53)65(56)48-33-30-45(31-34-48)43-20-7-4-8-21-43/h4-14,19-35,40-42H,15-18,36-39H2,1-3H3. The van der Waals surface area contributed by atoms with E-state index in [4.69, 9.17) is 0 Å². The third-order valence-corrected chi connectivity index (χ3v) is 18.3. The van der Waals surface area contributed by atoms with Gasteiger partial charge in [0.15, 0.2) is 0 Å². The van der Waals surface area contributed by atoms with Crippen LogP contribution in [0, 0.1) is 0 Å². The van der Waals surface area contributed by atoms with E-state index < -0.39 is 0 Å². The zero-order chi connectivity index (χ0) is 44.7. The summed E-state index contributed by atoms with van der Waals surface area (Å²) in [6.07, 6.45) is 9.58. The summed E-state index contributed by atoms with van der Waals surface area (Å²) in [6, 6.07) is 72.2. The zero-order valence-electron chi connectivity index (χ0n) is 39.0. The third-order valence-electron chi connectivity index (χ3n) is 18.3. The molecule has 4 unspecified atom stereocenters. The normalized spacial score (nSPS) is 24.9. The molecule has 8 aromatic rings. The molecule has 2 aliphatic carbocycles. The van der Waals surface area contributed by atoms with Crippen molar-refractivity contribution in [2.45, 2.75) is 94.0 Å². The maximum absolute atomic E-state index is 2.91. The van der Waals surface area contributed by atoms with Crippen LogP contribution in [0.5, 0.6) is 0 Å². The number of hydrogen-bond acceptors (Lipinski definition) is 3. The van der Waals surface area contributed by atoms with E-state index in [9.17, 15) is 0 Å². The van der Waals surface area contributed by atoms with Crippen LogP contribution in [0.2, 0.25) is 0 Å². The van der Waals surface area contributed by atoms with Gasteiger partial charge in [0.1, 0.15) is 0 Å². The van der Waals surface area contributed by atoms with Crippen molar-refractivity contribution in [3.05, 3.63) is 205 Å². The van der Waals surface area contributed by atoms with Crippen LogP contribution in [0.3, 0.4) is 0 Å². The van der Waals surface area contributed by atoms with E-state index in [0.29, 0.717) is 0 Å². The summed E-state index contributed by atoms with van der Waals surface area (Å²) in [5.41, 5.74) is 22.6. The number of fused-ring (bicyclic) bond motifs is 10. The monoisotopic (exact) mass is 865 g/mol. The Bertz CT molecular complexity index is 3280. The number of nitrogens with zero attached hydrogens (tertiary/aromatic N) is 3. The average Bonchev–Trinajstić information content (AvgIpc) is 3.75. The molecule has 67 heavy (non-hydrogen) atoms. The van der Waals surface area contributed by atoms with Gasteiger partial charge in [0.25, 0.3) is 6.71 Å². The molecule has 0 bridgehead atoms. The van der Waals surface area contributed by atoms with Gasteiger partial charge in [0, 0.05) is 50.6 Å². The molecule has 0 saturated heterocycles. The molecular weight excluding hydrogens is 810 g/mol. The molecule has 0 N–H and O–H groups in total. The lowest BCUT2D eigenvalue weighted by Crippen LogP contribution is -2.64. The van der Waals surface area contributed by atoms with Gasteiger partial charge in [-0.05, 0) is 131 Å². The summed E-state index contributed by atoms with van der Waals surface area (Å²) in [5.74, 6) is 0. The maximum atomic E-state index is 2.91. The Morgan fingerprint density at radius 3 is 1.76 bits per heavy atom. The van der Waals surface area contributed by atoms with Crippen molar-refractivity contribution in [1.82, 2.24) is 0 Å². The largest absolute Gasteiger partial charge is 0.335 e. The molecule has 326 valence electrons. The molecule has 2 saturated carbocycles. The van der Waals surface area contributed by atoms with Gasteiger partial charge in [0.05, 0.1) is 11.1 Å².